The summed E-state index contributed by atoms with van der Waals surface area (Å²) < 4.78 is 41.5. The van der Waals surface area contributed by atoms with E-state index in [4.69, 9.17) is 48.5 Å². The molecule has 1 heterocycles. The van der Waals surface area contributed by atoms with Gasteiger partial charge in [0, 0.05) is 10.0 Å². The van der Waals surface area contributed by atoms with E-state index >= 15 is 0 Å². The van der Waals surface area contributed by atoms with Gasteiger partial charge >= 0.3 is 10.1 Å². The largest absolute Gasteiger partial charge is 0.493 e. The van der Waals surface area contributed by atoms with Gasteiger partial charge in [-0.15, -0.1) is 0 Å². The Kier molecular flexibility index (Phi) is 8.79. The molecular formula is C25H18Cl3NO7S2. The standard InChI is InChI=1S/C25H18Cl3NO7S2/c1-34-21-13-15(12-20(28)23(21)36-38(32,33)19-8-4-17(27)5-9-19)14-22-24(30)29(25(31)37-22)10-11-35-18-6-2-16(26)3-7-18/h2-9,12-14H,10-11H2,1H3/b22-14-. The van der Waals surface area contributed by atoms with Crippen molar-refractivity contribution in [1.29, 1.82) is 0 Å². The van der Waals surface area contributed by atoms with Gasteiger partial charge in [-0.1, -0.05) is 34.8 Å². The van der Waals surface area contributed by atoms with Crippen LogP contribution in [0.2, 0.25) is 15.1 Å². The van der Waals surface area contributed by atoms with Crippen LogP contribution in [0.3, 0.4) is 0 Å². The quantitative estimate of drug-likeness (QED) is 0.198. The minimum atomic E-state index is -4.24. The Balaban J connectivity index is 1.49. The molecule has 0 unspecified atom stereocenters. The summed E-state index contributed by atoms with van der Waals surface area (Å²) >= 11 is 18.8. The second-order valence-electron chi connectivity index (χ2n) is 7.66. The molecule has 0 atom stereocenters. The maximum Gasteiger partial charge on any atom is 0.339 e. The van der Waals surface area contributed by atoms with Gasteiger partial charge in [0.25, 0.3) is 11.1 Å². The van der Waals surface area contributed by atoms with Gasteiger partial charge in [-0.25, -0.2) is 0 Å². The van der Waals surface area contributed by atoms with E-state index < -0.39 is 21.3 Å². The van der Waals surface area contributed by atoms with Crippen LogP contribution in [0.25, 0.3) is 6.08 Å². The van der Waals surface area contributed by atoms with Gasteiger partial charge in [0.2, 0.25) is 5.75 Å². The fourth-order valence-corrected chi connectivity index (χ4v) is 5.67. The molecule has 1 saturated heterocycles. The zero-order chi connectivity index (χ0) is 27.4. The molecular weight excluding hydrogens is 597 g/mol. The molecule has 8 nitrogen and oxygen atoms in total. The maximum atomic E-state index is 12.8. The summed E-state index contributed by atoms with van der Waals surface area (Å²) in [4.78, 5) is 26.4. The van der Waals surface area contributed by atoms with Gasteiger partial charge < -0.3 is 13.7 Å². The van der Waals surface area contributed by atoms with Gasteiger partial charge in [0.15, 0.2) is 5.75 Å². The number of halogens is 3. The van der Waals surface area contributed by atoms with E-state index in [1.165, 1.54) is 49.6 Å². The van der Waals surface area contributed by atoms with Crippen LogP contribution < -0.4 is 13.7 Å². The van der Waals surface area contributed by atoms with E-state index in [2.05, 4.69) is 0 Å². The molecule has 0 aromatic heterocycles. The molecule has 13 heteroatoms. The minimum absolute atomic E-state index is 0.0110. The van der Waals surface area contributed by atoms with Crippen molar-refractivity contribution in [3.8, 4) is 17.2 Å². The highest BCUT2D eigenvalue weighted by molar-refractivity contribution is 8.18. The molecule has 1 fully saturated rings. The summed E-state index contributed by atoms with van der Waals surface area (Å²) in [5.41, 5.74) is 0.394. The molecule has 38 heavy (non-hydrogen) atoms. The van der Waals surface area contributed by atoms with E-state index in [0.29, 0.717) is 21.4 Å². The number of rotatable bonds is 9. The number of imide groups is 1. The second-order valence-corrected chi connectivity index (χ2v) is 11.5. The third-order valence-electron chi connectivity index (χ3n) is 5.12. The average Bonchev–Trinajstić information content (AvgIpc) is 3.14. The summed E-state index contributed by atoms with van der Waals surface area (Å²) in [6, 6.07) is 15.0. The number of amides is 2. The topological polar surface area (TPSA) is 99.2 Å². The van der Waals surface area contributed by atoms with E-state index in [9.17, 15) is 18.0 Å². The van der Waals surface area contributed by atoms with E-state index in [0.717, 1.165) is 16.7 Å². The molecule has 0 aliphatic carbocycles. The van der Waals surface area contributed by atoms with Crippen LogP contribution >= 0.6 is 46.6 Å². The van der Waals surface area contributed by atoms with Crippen molar-refractivity contribution in [2.75, 3.05) is 20.3 Å². The fraction of sp³-hybridized carbons (Fsp3) is 0.120. The molecule has 1 aliphatic heterocycles. The molecule has 0 N–H and O–H groups in total. The number of carbonyl (C=O) groups is 2. The summed E-state index contributed by atoms with van der Waals surface area (Å²) in [6.07, 6.45) is 1.46. The summed E-state index contributed by atoms with van der Waals surface area (Å²) in [5.74, 6) is -0.162. The number of carbonyl (C=O) groups excluding carboxylic acids is 2. The molecule has 0 saturated carbocycles. The molecule has 0 radical (unpaired) electrons. The van der Waals surface area contributed by atoms with Crippen molar-refractivity contribution >= 4 is 73.9 Å². The lowest BCUT2D eigenvalue weighted by molar-refractivity contribution is -0.123. The van der Waals surface area contributed by atoms with Crippen LogP contribution in [0.1, 0.15) is 5.56 Å². The smallest absolute Gasteiger partial charge is 0.339 e. The Morgan fingerprint density at radius 3 is 2.21 bits per heavy atom. The summed E-state index contributed by atoms with van der Waals surface area (Å²) in [5, 5.41) is 0.395. The highest BCUT2D eigenvalue weighted by Gasteiger charge is 2.35. The van der Waals surface area contributed by atoms with Gasteiger partial charge in [-0.05, 0) is 84.1 Å². The second kappa shape index (κ2) is 11.9. The van der Waals surface area contributed by atoms with Gasteiger partial charge in [0.05, 0.1) is 23.6 Å². The number of hydrogen-bond acceptors (Lipinski definition) is 8. The number of thioether (sulfide) groups is 1. The molecule has 4 rings (SSSR count). The zero-order valence-corrected chi connectivity index (χ0v) is 23.4. The van der Waals surface area contributed by atoms with Crippen molar-refractivity contribution < 1.29 is 31.7 Å². The molecule has 198 valence electrons. The Labute approximate surface area is 238 Å². The minimum Gasteiger partial charge on any atom is -0.493 e. The number of ether oxygens (including phenoxy) is 2. The van der Waals surface area contributed by atoms with Crippen LogP contribution in [-0.4, -0.2) is 44.7 Å². The summed E-state index contributed by atoms with van der Waals surface area (Å²) in [6.45, 7) is 0.144. The van der Waals surface area contributed by atoms with E-state index in [1.54, 1.807) is 24.3 Å². The van der Waals surface area contributed by atoms with E-state index in [-0.39, 0.29) is 39.5 Å². The molecule has 3 aromatic rings. The molecule has 0 bridgehead atoms. The SMILES string of the molecule is COc1cc(/C=C2\SC(=O)N(CCOc3ccc(Cl)cc3)C2=O)cc(Cl)c1OS(=O)(=O)c1ccc(Cl)cc1. The highest BCUT2D eigenvalue weighted by atomic mass is 35.5. The molecule has 3 aromatic carbocycles. The third kappa shape index (κ3) is 6.57. The van der Waals surface area contributed by atoms with Gasteiger partial charge in [-0.3, -0.25) is 14.5 Å². The predicted molar refractivity (Wildman–Crippen MR) is 147 cm³/mol. The van der Waals surface area contributed by atoms with Crippen molar-refractivity contribution in [2.45, 2.75) is 4.90 Å². The summed E-state index contributed by atoms with van der Waals surface area (Å²) in [7, 11) is -2.93. The maximum absolute atomic E-state index is 12.8. The monoisotopic (exact) mass is 613 g/mol. The lowest BCUT2D eigenvalue weighted by Crippen LogP contribution is -2.32. The molecule has 2 amide bonds. The predicted octanol–water partition coefficient (Wildman–Crippen LogP) is 6.54. The first kappa shape index (κ1) is 28.1. The number of nitrogens with zero attached hydrogens (tertiary/aromatic N) is 1. The third-order valence-corrected chi connectivity index (χ3v) is 8.04. The molecule has 0 spiro atoms. The lowest BCUT2D eigenvalue weighted by Gasteiger charge is -2.14. The van der Waals surface area contributed by atoms with Crippen molar-refractivity contribution in [2.24, 2.45) is 0 Å². The number of benzene rings is 3. The van der Waals surface area contributed by atoms with Crippen molar-refractivity contribution in [3.05, 3.63) is 86.2 Å². The van der Waals surface area contributed by atoms with Crippen LogP contribution in [0, 0.1) is 0 Å². The Bertz CT molecular complexity index is 1510. The fourth-order valence-electron chi connectivity index (χ4n) is 3.29. The van der Waals surface area contributed by atoms with Crippen LogP contribution in [-0.2, 0) is 14.9 Å². The van der Waals surface area contributed by atoms with Crippen molar-refractivity contribution in [1.82, 2.24) is 4.90 Å². The Hall–Kier alpha value is -2.89. The van der Waals surface area contributed by atoms with Crippen LogP contribution in [0.4, 0.5) is 4.79 Å². The Morgan fingerprint density at radius 1 is 0.947 bits per heavy atom. The van der Waals surface area contributed by atoms with Gasteiger partial charge in [-0.2, -0.15) is 8.42 Å². The Morgan fingerprint density at radius 2 is 1.58 bits per heavy atom. The van der Waals surface area contributed by atoms with Crippen molar-refractivity contribution in [3.63, 3.8) is 0 Å². The average molecular weight is 615 g/mol. The normalized spacial score (nSPS) is 14.7. The van der Waals surface area contributed by atoms with Crippen LogP contribution in [0.15, 0.2) is 70.5 Å². The van der Waals surface area contributed by atoms with Crippen LogP contribution in [0.5, 0.6) is 17.2 Å². The first-order valence-electron chi connectivity index (χ1n) is 10.8. The van der Waals surface area contributed by atoms with E-state index in [1.807, 2.05) is 0 Å². The zero-order valence-electron chi connectivity index (χ0n) is 19.5. The lowest BCUT2D eigenvalue weighted by atomic mass is 10.2. The number of methoxy groups -OCH3 is 1. The first-order chi connectivity index (χ1) is 18.1. The first-order valence-corrected chi connectivity index (χ1v) is 14.1. The number of hydrogen-bond donors (Lipinski definition) is 0. The highest BCUT2D eigenvalue weighted by Crippen LogP contribution is 2.40. The molecule has 1 aliphatic rings. The van der Waals surface area contributed by atoms with Gasteiger partial charge in [0.1, 0.15) is 17.3 Å².